The number of piperidine rings is 1. The minimum atomic E-state index is -0.831. The fourth-order valence-corrected chi connectivity index (χ4v) is 3.15. The number of nitrogens with zero attached hydrogens (tertiary/aromatic N) is 1. The lowest BCUT2D eigenvalue weighted by atomic mass is 9.93. The van der Waals surface area contributed by atoms with Crippen LogP contribution < -0.4 is 4.74 Å². The van der Waals surface area contributed by atoms with Crippen LogP contribution in [0, 0.1) is 5.92 Å². The molecule has 1 aliphatic rings. The third-order valence-corrected chi connectivity index (χ3v) is 4.42. The monoisotopic (exact) mass is 283 g/mol. The molecule has 0 aliphatic carbocycles. The first-order chi connectivity index (χ1) is 9.04. The molecule has 1 amide bonds. The van der Waals surface area contributed by atoms with Crippen LogP contribution in [0.2, 0.25) is 0 Å². The highest BCUT2D eigenvalue weighted by Crippen LogP contribution is 2.30. The van der Waals surface area contributed by atoms with E-state index in [2.05, 4.69) is 0 Å². The first-order valence-electron chi connectivity index (χ1n) is 6.19. The summed E-state index contributed by atoms with van der Waals surface area (Å²) in [6.07, 6.45) is 1.35. The van der Waals surface area contributed by atoms with Gasteiger partial charge < -0.3 is 14.7 Å². The number of likely N-dealkylation sites (tertiary alicyclic amines) is 1. The molecular formula is C13H17NO4S. The van der Waals surface area contributed by atoms with Crippen LogP contribution in [0.4, 0.5) is 0 Å². The van der Waals surface area contributed by atoms with Gasteiger partial charge in [0.1, 0.15) is 10.6 Å². The number of aliphatic carboxylic acids is 1. The number of methoxy groups -OCH3 is 1. The molecule has 1 fully saturated rings. The normalized spacial score (nSPS) is 23.2. The lowest BCUT2D eigenvalue weighted by Gasteiger charge is -2.36. The van der Waals surface area contributed by atoms with Crippen LogP contribution in [-0.4, -0.2) is 41.6 Å². The predicted octanol–water partition coefficient (Wildman–Crippen LogP) is 2.08. The van der Waals surface area contributed by atoms with E-state index < -0.39 is 11.9 Å². The van der Waals surface area contributed by atoms with Gasteiger partial charge in [0.25, 0.3) is 5.91 Å². The maximum atomic E-state index is 12.5. The Morgan fingerprint density at radius 1 is 1.47 bits per heavy atom. The van der Waals surface area contributed by atoms with E-state index in [9.17, 15) is 9.59 Å². The minimum absolute atomic E-state index is 0.0647. The lowest BCUT2D eigenvalue weighted by Crippen LogP contribution is -2.47. The molecule has 1 aromatic heterocycles. The standard InChI is InChI=1S/C13H17NO4S/c1-8-3-4-9(13(16)17)7-14(8)12(15)11-10(18-2)5-6-19-11/h5-6,8-9H,3-4,7H2,1-2H3,(H,16,17). The molecule has 0 saturated carbocycles. The Balaban J connectivity index is 2.19. The van der Waals surface area contributed by atoms with Crippen LogP contribution in [0.15, 0.2) is 11.4 Å². The molecule has 1 saturated heterocycles. The van der Waals surface area contributed by atoms with E-state index in [1.165, 1.54) is 18.4 Å². The van der Waals surface area contributed by atoms with Crippen molar-refractivity contribution < 1.29 is 19.4 Å². The molecule has 2 rings (SSSR count). The Hall–Kier alpha value is -1.56. The van der Waals surface area contributed by atoms with Crippen molar-refractivity contribution in [2.45, 2.75) is 25.8 Å². The third-order valence-electron chi connectivity index (χ3n) is 3.54. The summed E-state index contributed by atoms with van der Waals surface area (Å²) in [5.74, 6) is -0.876. The van der Waals surface area contributed by atoms with Gasteiger partial charge in [0.05, 0.1) is 13.0 Å². The molecular weight excluding hydrogens is 266 g/mol. The zero-order valence-corrected chi connectivity index (χ0v) is 11.8. The fraction of sp³-hybridized carbons (Fsp3) is 0.538. The third kappa shape index (κ3) is 2.73. The second-order valence-electron chi connectivity index (χ2n) is 4.74. The van der Waals surface area contributed by atoms with Crippen LogP contribution in [0.5, 0.6) is 5.75 Å². The van der Waals surface area contributed by atoms with Crippen molar-refractivity contribution in [3.05, 3.63) is 16.3 Å². The van der Waals surface area contributed by atoms with Crippen molar-refractivity contribution >= 4 is 23.2 Å². The molecule has 6 heteroatoms. The van der Waals surface area contributed by atoms with Crippen LogP contribution in [0.3, 0.4) is 0 Å². The maximum absolute atomic E-state index is 12.5. The van der Waals surface area contributed by atoms with Gasteiger partial charge in [0.15, 0.2) is 0 Å². The zero-order valence-electron chi connectivity index (χ0n) is 11.0. The highest BCUT2D eigenvalue weighted by atomic mass is 32.1. The Bertz CT molecular complexity index is 485. The van der Waals surface area contributed by atoms with Gasteiger partial charge in [-0.3, -0.25) is 9.59 Å². The largest absolute Gasteiger partial charge is 0.495 e. The molecule has 0 aromatic carbocycles. The molecule has 1 aromatic rings. The molecule has 5 nitrogen and oxygen atoms in total. The Labute approximate surface area is 115 Å². The predicted molar refractivity (Wildman–Crippen MR) is 71.7 cm³/mol. The number of carbonyl (C=O) groups excluding carboxylic acids is 1. The molecule has 19 heavy (non-hydrogen) atoms. The summed E-state index contributed by atoms with van der Waals surface area (Å²) in [5, 5.41) is 10.9. The average Bonchev–Trinajstić information content (AvgIpc) is 2.86. The van der Waals surface area contributed by atoms with Crippen molar-refractivity contribution in [2.75, 3.05) is 13.7 Å². The average molecular weight is 283 g/mol. The fourth-order valence-electron chi connectivity index (χ4n) is 2.34. The minimum Gasteiger partial charge on any atom is -0.495 e. The Morgan fingerprint density at radius 3 is 2.84 bits per heavy atom. The van der Waals surface area contributed by atoms with Crippen LogP contribution in [0.25, 0.3) is 0 Å². The first kappa shape index (κ1) is 13.9. The number of amides is 1. The van der Waals surface area contributed by atoms with E-state index in [4.69, 9.17) is 9.84 Å². The molecule has 0 spiro atoms. The van der Waals surface area contributed by atoms with Crippen molar-refractivity contribution in [2.24, 2.45) is 5.92 Å². The van der Waals surface area contributed by atoms with Gasteiger partial charge in [-0.2, -0.15) is 0 Å². The number of hydrogen-bond donors (Lipinski definition) is 1. The van der Waals surface area contributed by atoms with Crippen molar-refractivity contribution in [1.29, 1.82) is 0 Å². The highest BCUT2D eigenvalue weighted by molar-refractivity contribution is 7.12. The topological polar surface area (TPSA) is 66.8 Å². The van der Waals surface area contributed by atoms with Gasteiger partial charge >= 0.3 is 5.97 Å². The van der Waals surface area contributed by atoms with E-state index in [0.29, 0.717) is 17.0 Å². The van der Waals surface area contributed by atoms with Gasteiger partial charge in [-0.15, -0.1) is 11.3 Å². The quantitative estimate of drug-likeness (QED) is 0.922. The zero-order chi connectivity index (χ0) is 14.0. The smallest absolute Gasteiger partial charge is 0.308 e. The number of carboxylic acids is 1. The molecule has 1 N–H and O–H groups in total. The lowest BCUT2D eigenvalue weighted by molar-refractivity contribution is -0.143. The van der Waals surface area contributed by atoms with E-state index in [1.54, 1.807) is 16.3 Å². The number of hydrogen-bond acceptors (Lipinski definition) is 4. The summed E-state index contributed by atoms with van der Waals surface area (Å²) >= 11 is 1.32. The first-order valence-corrected chi connectivity index (χ1v) is 7.07. The number of thiophene rings is 1. The summed E-state index contributed by atoms with van der Waals surface area (Å²) in [7, 11) is 1.53. The van der Waals surface area contributed by atoms with Gasteiger partial charge in [0, 0.05) is 12.6 Å². The number of carboxylic acid groups (broad SMARTS) is 1. The van der Waals surface area contributed by atoms with Gasteiger partial charge in [-0.1, -0.05) is 0 Å². The van der Waals surface area contributed by atoms with E-state index in [0.717, 1.165) is 6.42 Å². The number of ether oxygens (including phenoxy) is 1. The summed E-state index contributed by atoms with van der Waals surface area (Å²) in [5.41, 5.74) is 0. The number of rotatable bonds is 3. The SMILES string of the molecule is COc1ccsc1C(=O)N1CC(C(=O)O)CCC1C. The summed E-state index contributed by atoms with van der Waals surface area (Å²) < 4.78 is 5.15. The van der Waals surface area contributed by atoms with E-state index >= 15 is 0 Å². The van der Waals surface area contributed by atoms with Gasteiger partial charge in [0.2, 0.25) is 0 Å². The van der Waals surface area contributed by atoms with Crippen LogP contribution >= 0.6 is 11.3 Å². The number of carbonyl (C=O) groups is 2. The van der Waals surface area contributed by atoms with Crippen molar-refractivity contribution in [3.63, 3.8) is 0 Å². The maximum Gasteiger partial charge on any atom is 0.308 e. The molecule has 0 radical (unpaired) electrons. The highest BCUT2D eigenvalue weighted by Gasteiger charge is 2.34. The van der Waals surface area contributed by atoms with E-state index in [-0.39, 0.29) is 18.5 Å². The summed E-state index contributed by atoms with van der Waals surface area (Å²) in [6, 6.07) is 1.82. The van der Waals surface area contributed by atoms with Gasteiger partial charge in [-0.25, -0.2) is 0 Å². The summed E-state index contributed by atoms with van der Waals surface area (Å²) in [6.45, 7) is 2.23. The molecule has 104 valence electrons. The second-order valence-corrected chi connectivity index (χ2v) is 5.65. The van der Waals surface area contributed by atoms with Gasteiger partial charge in [-0.05, 0) is 31.2 Å². The van der Waals surface area contributed by atoms with Crippen LogP contribution in [-0.2, 0) is 4.79 Å². The van der Waals surface area contributed by atoms with E-state index in [1.807, 2.05) is 6.92 Å². The molecule has 0 bridgehead atoms. The second kappa shape index (κ2) is 5.61. The summed E-state index contributed by atoms with van der Waals surface area (Å²) in [4.78, 5) is 25.8. The van der Waals surface area contributed by atoms with Crippen molar-refractivity contribution in [3.8, 4) is 5.75 Å². The molecule has 2 unspecified atom stereocenters. The Morgan fingerprint density at radius 2 is 2.21 bits per heavy atom. The molecule has 2 atom stereocenters. The molecule has 2 heterocycles. The molecule has 1 aliphatic heterocycles. The van der Waals surface area contributed by atoms with Crippen molar-refractivity contribution in [1.82, 2.24) is 4.90 Å². The van der Waals surface area contributed by atoms with Crippen LogP contribution in [0.1, 0.15) is 29.4 Å². The Kier molecular flexibility index (Phi) is 4.09.